The molecule has 1 N–H and O–H groups in total. The molecule has 1 aromatic carbocycles. The first-order chi connectivity index (χ1) is 11.1. The van der Waals surface area contributed by atoms with Crippen molar-refractivity contribution in [2.45, 2.75) is 26.5 Å². The number of carbonyl (C=O) groups excluding carboxylic acids is 1. The number of nitrogens with one attached hydrogen (secondary N) is 1. The SMILES string of the molecule is COCc1cc(C(=O)N2CC(C(C)C)Nc3ccccc32)no1. The standard InChI is InChI=1S/C17H21N3O3/c1-11(2)15-9-20(16-7-5-4-6-13(16)18-15)17(21)14-8-12(10-22-3)23-19-14/h4-8,11,15,18H,9-10H2,1-3H3. The summed E-state index contributed by atoms with van der Waals surface area (Å²) in [7, 11) is 1.57. The van der Waals surface area contributed by atoms with E-state index < -0.39 is 0 Å². The van der Waals surface area contributed by atoms with Gasteiger partial charge in [0.05, 0.1) is 11.4 Å². The van der Waals surface area contributed by atoms with Crippen LogP contribution < -0.4 is 10.2 Å². The molecule has 6 heteroatoms. The normalized spacial score (nSPS) is 17.0. The summed E-state index contributed by atoms with van der Waals surface area (Å²) in [5.74, 6) is 0.787. The monoisotopic (exact) mass is 315 g/mol. The van der Waals surface area contributed by atoms with Gasteiger partial charge in [0.1, 0.15) is 6.61 Å². The van der Waals surface area contributed by atoms with E-state index in [0.29, 0.717) is 30.5 Å². The molecule has 1 unspecified atom stereocenters. The van der Waals surface area contributed by atoms with Crippen LogP contribution in [0, 0.1) is 5.92 Å². The first kappa shape index (κ1) is 15.6. The average molecular weight is 315 g/mol. The molecule has 0 bridgehead atoms. The van der Waals surface area contributed by atoms with Gasteiger partial charge in [-0.05, 0) is 18.1 Å². The summed E-state index contributed by atoms with van der Waals surface area (Å²) in [6.07, 6.45) is 0. The molecule has 2 aromatic rings. The van der Waals surface area contributed by atoms with E-state index in [1.54, 1.807) is 18.1 Å². The van der Waals surface area contributed by atoms with Gasteiger partial charge in [-0.1, -0.05) is 31.1 Å². The molecule has 2 heterocycles. The first-order valence-electron chi connectivity index (χ1n) is 7.72. The maximum absolute atomic E-state index is 12.9. The maximum atomic E-state index is 12.9. The van der Waals surface area contributed by atoms with Crippen molar-refractivity contribution in [3.8, 4) is 0 Å². The molecule has 0 saturated carbocycles. The summed E-state index contributed by atoms with van der Waals surface area (Å²) >= 11 is 0. The number of anilines is 2. The zero-order valence-electron chi connectivity index (χ0n) is 13.6. The van der Waals surface area contributed by atoms with Crippen molar-refractivity contribution in [2.75, 3.05) is 23.9 Å². The highest BCUT2D eigenvalue weighted by atomic mass is 16.5. The lowest BCUT2D eigenvalue weighted by molar-refractivity contribution is 0.0974. The van der Waals surface area contributed by atoms with Crippen molar-refractivity contribution in [1.82, 2.24) is 5.16 Å². The minimum atomic E-state index is -0.157. The van der Waals surface area contributed by atoms with Crippen molar-refractivity contribution < 1.29 is 14.1 Å². The lowest BCUT2D eigenvalue weighted by Crippen LogP contribution is -2.47. The highest BCUT2D eigenvalue weighted by Gasteiger charge is 2.31. The summed E-state index contributed by atoms with van der Waals surface area (Å²) < 4.78 is 10.1. The summed E-state index contributed by atoms with van der Waals surface area (Å²) in [6.45, 7) is 5.18. The number of amides is 1. The van der Waals surface area contributed by atoms with E-state index in [1.165, 1.54) is 0 Å². The van der Waals surface area contributed by atoms with Crippen LogP contribution in [-0.4, -0.2) is 30.8 Å². The van der Waals surface area contributed by atoms with Crippen molar-refractivity contribution in [2.24, 2.45) is 5.92 Å². The highest BCUT2D eigenvalue weighted by Crippen LogP contribution is 2.33. The number of hydrogen-bond donors (Lipinski definition) is 1. The highest BCUT2D eigenvalue weighted by molar-refractivity contribution is 6.07. The van der Waals surface area contributed by atoms with Crippen LogP contribution in [0.25, 0.3) is 0 Å². The van der Waals surface area contributed by atoms with Crippen LogP contribution in [-0.2, 0) is 11.3 Å². The second-order valence-electron chi connectivity index (χ2n) is 6.04. The van der Waals surface area contributed by atoms with E-state index in [0.717, 1.165) is 11.4 Å². The molecule has 0 radical (unpaired) electrons. The quantitative estimate of drug-likeness (QED) is 0.939. The van der Waals surface area contributed by atoms with Gasteiger partial charge in [0.15, 0.2) is 11.5 Å². The molecule has 1 aliphatic rings. The largest absolute Gasteiger partial charge is 0.379 e. The van der Waals surface area contributed by atoms with Gasteiger partial charge in [-0.3, -0.25) is 4.79 Å². The topological polar surface area (TPSA) is 67.6 Å². The fourth-order valence-corrected chi connectivity index (χ4v) is 2.70. The van der Waals surface area contributed by atoms with E-state index in [4.69, 9.17) is 9.26 Å². The van der Waals surface area contributed by atoms with E-state index >= 15 is 0 Å². The molecule has 6 nitrogen and oxygen atoms in total. The van der Waals surface area contributed by atoms with E-state index in [2.05, 4.69) is 24.3 Å². The molecule has 1 aliphatic heterocycles. The van der Waals surface area contributed by atoms with Gasteiger partial charge in [-0.15, -0.1) is 0 Å². The maximum Gasteiger partial charge on any atom is 0.280 e. The van der Waals surface area contributed by atoms with E-state index in [1.807, 2.05) is 24.3 Å². The Balaban J connectivity index is 1.91. The lowest BCUT2D eigenvalue weighted by Gasteiger charge is -2.37. The van der Waals surface area contributed by atoms with Crippen LogP contribution in [0.4, 0.5) is 11.4 Å². The second-order valence-corrected chi connectivity index (χ2v) is 6.04. The van der Waals surface area contributed by atoms with Gasteiger partial charge < -0.3 is 19.5 Å². The third-order valence-electron chi connectivity index (χ3n) is 4.03. The molecule has 3 rings (SSSR count). The number of rotatable bonds is 4. The van der Waals surface area contributed by atoms with Crippen molar-refractivity contribution in [3.05, 3.63) is 41.8 Å². The van der Waals surface area contributed by atoms with E-state index in [9.17, 15) is 4.79 Å². The van der Waals surface area contributed by atoms with Crippen LogP contribution in [0.2, 0.25) is 0 Å². The molecular formula is C17H21N3O3. The minimum absolute atomic E-state index is 0.157. The first-order valence-corrected chi connectivity index (χ1v) is 7.72. The van der Waals surface area contributed by atoms with Crippen LogP contribution in [0.1, 0.15) is 30.1 Å². The molecule has 0 saturated heterocycles. The molecule has 0 aliphatic carbocycles. The molecule has 1 amide bonds. The Morgan fingerprint density at radius 3 is 3.00 bits per heavy atom. The van der Waals surface area contributed by atoms with Gasteiger partial charge in [-0.25, -0.2) is 0 Å². The molecule has 23 heavy (non-hydrogen) atoms. The number of ether oxygens (including phenoxy) is 1. The molecular weight excluding hydrogens is 294 g/mol. The Morgan fingerprint density at radius 1 is 1.48 bits per heavy atom. The number of benzene rings is 1. The van der Waals surface area contributed by atoms with Crippen molar-refractivity contribution >= 4 is 17.3 Å². The Labute approximate surface area is 135 Å². The summed E-state index contributed by atoms with van der Waals surface area (Å²) in [6, 6.07) is 9.65. The second kappa shape index (κ2) is 6.42. The molecule has 0 fully saturated rings. The number of hydrogen-bond acceptors (Lipinski definition) is 5. The smallest absolute Gasteiger partial charge is 0.280 e. The van der Waals surface area contributed by atoms with Crippen molar-refractivity contribution in [1.29, 1.82) is 0 Å². The van der Waals surface area contributed by atoms with Gasteiger partial charge in [0.25, 0.3) is 5.91 Å². The molecule has 122 valence electrons. The summed E-state index contributed by atoms with van der Waals surface area (Å²) in [5, 5.41) is 7.39. The van der Waals surface area contributed by atoms with Gasteiger partial charge >= 0.3 is 0 Å². The predicted octanol–water partition coefficient (Wildman–Crippen LogP) is 2.92. The number of aromatic nitrogens is 1. The number of carbonyl (C=O) groups is 1. The van der Waals surface area contributed by atoms with Crippen LogP contribution in [0.15, 0.2) is 34.9 Å². The van der Waals surface area contributed by atoms with Gasteiger partial charge in [0, 0.05) is 25.8 Å². The summed E-state index contributed by atoms with van der Waals surface area (Å²) in [4.78, 5) is 14.7. The fraction of sp³-hybridized carbons (Fsp3) is 0.412. The molecule has 1 atom stereocenters. The molecule has 1 aromatic heterocycles. The number of fused-ring (bicyclic) bond motifs is 1. The van der Waals surface area contributed by atoms with E-state index in [-0.39, 0.29) is 11.9 Å². The predicted molar refractivity (Wildman–Crippen MR) is 87.6 cm³/mol. The molecule has 0 spiro atoms. The zero-order valence-corrected chi connectivity index (χ0v) is 13.6. The fourth-order valence-electron chi connectivity index (χ4n) is 2.70. The number of nitrogens with zero attached hydrogens (tertiary/aromatic N) is 2. The Hall–Kier alpha value is -2.34. The van der Waals surface area contributed by atoms with Crippen molar-refractivity contribution in [3.63, 3.8) is 0 Å². The average Bonchev–Trinajstić information content (AvgIpc) is 3.02. The van der Waals surface area contributed by atoms with Crippen LogP contribution in [0.3, 0.4) is 0 Å². The van der Waals surface area contributed by atoms with Crippen LogP contribution >= 0.6 is 0 Å². The van der Waals surface area contributed by atoms with Gasteiger partial charge in [-0.2, -0.15) is 0 Å². The lowest BCUT2D eigenvalue weighted by atomic mass is 9.99. The summed E-state index contributed by atoms with van der Waals surface area (Å²) in [5.41, 5.74) is 2.13. The number of para-hydroxylation sites is 2. The minimum Gasteiger partial charge on any atom is -0.379 e. The third-order valence-corrected chi connectivity index (χ3v) is 4.03. The Morgan fingerprint density at radius 2 is 2.26 bits per heavy atom. The van der Waals surface area contributed by atoms with Gasteiger partial charge in [0.2, 0.25) is 0 Å². The zero-order chi connectivity index (χ0) is 16.4. The number of methoxy groups -OCH3 is 1. The Kier molecular flexibility index (Phi) is 4.34. The Bertz CT molecular complexity index is 696. The third kappa shape index (κ3) is 3.07. The van der Waals surface area contributed by atoms with Crippen LogP contribution in [0.5, 0.6) is 0 Å².